The second kappa shape index (κ2) is 7.63. The van der Waals surface area contributed by atoms with E-state index in [-0.39, 0.29) is 18.0 Å². The van der Waals surface area contributed by atoms with Crippen molar-refractivity contribution in [3.05, 3.63) is 71.8 Å². The molecule has 0 bridgehead atoms. The number of esters is 1. The number of carbonyl (C=O) groups is 1. The highest BCUT2D eigenvalue weighted by Crippen LogP contribution is 2.38. The SMILES string of the molecule is CN1CCCC2CC(OC(=O)C(c3ccccc3)c3ccccc3)CC21. The Morgan fingerprint density at radius 3 is 2.19 bits per heavy atom. The molecule has 2 aliphatic rings. The Morgan fingerprint density at radius 1 is 1.00 bits per heavy atom. The largest absolute Gasteiger partial charge is 0.462 e. The smallest absolute Gasteiger partial charge is 0.318 e. The lowest BCUT2D eigenvalue weighted by Gasteiger charge is -2.34. The van der Waals surface area contributed by atoms with Gasteiger partial charge in [-0.25, -0.2) is 0 Å². The van der Waals surface area contributed by atoms with E-state index in [0.29, 0.717) is 12.0 Å². The number of carbonyl (C=O) groups excluding carboxylic acids is 1. The van der Waals surface area contributed by atoms with Crippen LogP contribution in [0.25, 0.3) is 0 Å². The number of fused-ring (bicyclic) bond motifs is 1. The van der Waals surface area contributed by atoms with Crippen molar-refractivity contribution < 1.29 is 9.53 Å². The first-order chi connectivity index (χ1) is 12.7. The van der Waals surface area contributed by atoms with E-state index >= 15 is 0 Å². The fraction of sp³-hybridized carbons (Fsp3) is 0.435. The van der Waals surface area contributed by atoms with Crippen LogP contribution in [-0.4, -0.2) is 36.6 Å². The van der Waals surface area contributed by atoms with Gasteiger partial charge in [0.05, 0.1) is 0 Å². The number of piperidine rings is 1. The Kier molecular flexibility index (Phi) is 5.07. The Bertz CT molecular complexity index is 691. The number of benzene rings is 2. The van der Waals surface area contributed by atoms with Crippen LogP contribution in [0.4, 0.5) is 0 Å². The van der Waals surface area contributed by atoms with Crippen LogP contribution in [-0.2, 0) is 9.53 Å². The highest BCUT2D eigenvalue weighted by atomic mass is 16.5. The first-order valence-corrected chi connectivity index (χ1v) is 9.73. The van der Waals surface area contributed by atoms with E-state index < -0.39 is 0 Å². The van der Waals surface area contributed by atoms with Crippen molar-refractivity contribution in [1.82, 2.24) is 4.90 Å². The zero-order valence-corrected chi connectivity index (χ0v) is 15.4. The van der Waals surface area contributed by atoms with Crippen molar-refractivity contribution in [3.8, 4) is 0 Å². The van der Waals surface area contributed by atoms with E-state index in [4.69, 9.17) is 4.74 Å². The lowest BCUT2D eigenvalue weighted by atomic mass is 9.91. The molecule has 0 spiro atoms. The van der Waals surface area contributed by atoms with Gasteiger partial charge in [-0.2, -0.15) is 0 Å². The quantitative estimate of drug-likeness (QED) is 0.774. The minimum atomic E-state index is -0.349. The average molecular weight is 349 g/mol. The summed E-state index contributed by atoms with van der Waals surface area (Å²) in [4.78, 5) is 15.6. The summed E-state index contributed by atoms with van der Waals surface area (Å²) in [6.45, 7) is 1.17. The van der Waals surface area contributed by atoms with Crippen LogP contribution in [0.1, 0.15) is 42.7 Å². The minimum absolute atomic E-state index is 0.0491. The third kappa shape index (κ3) is 3.54. The normalized spacial score (nSPS) is 25.8. The topological polar surface area (TPSA) is 29.5 Å². The molecule has 0 aromatic heterocycles. The average Bonchev–Trinajstić information content (AvgIpc) is 3.07. The van der Waals surface area contributed by atoms with Crippen LogP contribution in [0.2, 0.25) is 0 Å². The molecule has 1 heterocycles. The summed E-state index contributed by atoms with van der Waals surface area (Å²) in [6.07, 6.45) is 4.56. The second-order valence-electron chi connectivity index (χ2n) is 7.73. The van der Waals surface area contributed by atoms with E-state index in [1.54, 1.807) is 0 Å². The molecule has 1 saturated carbocycles. The van der Waals surface area contributed by atoms with Gasteiger partial charge in [0.25, 0.3) is 0 Å². The van der Waals surface area contributed by atoms with Crippen LogP contribution >= 0.6 is 0 Å². The lowest BCUT2D eigenvalue weighted by Crippen LogP contribution is -2.39. The maximum atomic E-state index is 13.2. The summed E-state index contributed by atoms with van der Waals surface area (Å²) in [5, 5.41) is 0. The summed E-state index contributed by atoms with van der Waals surface area (Å²) < 4.78 is 6.06. The minimum Gasteiger partial charge on any atom is -0.462 e. The van der Waals surface area contributed by atoms with Gasteiger partial charge < -0.3 is 9.64 Å². The third-order valence-corrected chi connectivity index (χ3v) is 6.05. The summed E-state index contributed by atoms with van der Waals surface area (Å²) in [5.74, 6) is 0.213. The zero-order valence-electron chi connectivity index (χ0n) is 15.4. The molecule has 0 N–H and O–H groups in total. The predicted octanol–water partition coefficient (Wildman–Crippen LogP) is 4.23. The van der Waals surface area contributed by atoms with Crippen LogP contribution in [0, 0.1) is 5.92 Å². The van der Waals surface area contributed by atoms with E-state index in [2.05, 4.69) is 11.9 Å². The van der Waals surface area contributed by atoms with E-state index in [1.807, 2.05) is 60.7 Å². The number of likely N-dealkylation sites (tertiary alicyclic amines) is 1. The van der Waals surface area contributed by atoms with Gasteiger partial charge in [-0.15, -0.1) is 0 Å². The van der Waals surface area contributed by atoms with Crippen molar-refractivity contribution >= 4 is 5.97 Å². The molecule has 1 aliphatic carbocycles. The third-order valence-electron chi connectivity index (χ3n) is 6.05. The van der Waals surface area contributed by atoms with Crippen LogP contribution in [0.15, 0.2) is 60.7 Å². The summed E-state index contributed by atoms with van der Waals surface area (Å²) in [5.41, 5.74) is 1.99. The first-order valence-electron chi connectivity index (χ1n) is 9.73. The van der Waals surface area contributed by atoms with Crippen molar-refractivity contribution in [3.63, 3.8) is 0 Å². The molecule has 0 amide bonds. The molecule has 0 radical (unpaired) electrons. The van der Waals surface area contributed by atoms with Gasteiger partial charge in [-0.3, -0.25) is 4.79 Å². The summed E-state index contributed by atoms with van der Waals surface area (Å²) in [6, 6.07) is 20.5. The van der Waals surface area contributed by atoms with Crippen molar-refractivity contribution in [2.75, 3.05) is 13.6 Å². The van der Waals surface area contributed by atoms with E-state index in [1.165, 1.54) is 19.4 Å². The monoisotopic (exact) mass is 349 g/mol. The van der Waals surface area contributed by atoms with Gasteiger partial charge in [-0.1, -0.05) is 60.7 Å². The Hall–Kier alpha value is -2.13. The molecular formula is C23H27NO2. The molecule has 3 nitrogen and oxygen atoms in total. The van der Waals surface area contributed by atoms with Crippen LogP contribution < -0.4 is 0 Å². The van der Waals surface area contributed by atoms with Crippen molar-refractivity contribution in [1.29, 1.82) is 0 Å². The molecule has 2 aromatic carbocycles. The number of rotatable bonds is 4. The van der Waals surface area contributed by atoms with Gasteiger partial charge >= 0.3 is 5.97 Å². The Morgan fingerprint density at radius 2 is 1.62 bits per heavy atom. The molecule has 3 heteroatoms. The summed E-state index contributed by atoms with van der Waals surface area (Å²) >= 11 is 0. The highest BCUT2D eigenvalue weighted by Gasteiger charge is 2.41. The Balaban J connectivity index is 1.52. The molecule has 136 valence electrons. The molecule has 26 heavy (non-hydrogen) atoms. The number of hydrogen-bond acceptors (Lipinski definition) is 3. The zero-order chi connectivity index (χ0) is 17.9. The number of ether oxygens (including phenoxy) is 1. The number of nitrogens with zero attached hydrogens (tertiary/aromatic N) is 1. The van der Waals surface area contributed by atoms with Gasteiger partial charge in [-0.05, 0) is 49.9 Å². The summed E-state index contributed by atoms with van der Waals surface area (Å²) in [7, 11) is 2.21. The van der Waals surface area contributed by atoms with E-state index in [0.717, 1.165) is 24.0 Å². The number of hydrogen-bond donors (Lipinski definition) is 0. The van der Waals surface area contributed by atoms with Crippen LogP contribution in [0.5, 0.6) is 0 Å². The molecular weight excluding hydrogens is 322 g/mol. The van der Waals surface area contributed by atoms with Gasteiger partial charge in [0.2, 0.25) is 0 Å². The van der Waals surface area contributed by atoms with Gasteiger partial charge in [0.1, 0.15) is 12.0 Å². The Labute approximate surface area is 156 Å². The van der Waals surface area contributed by atoms with Gasteiger partial charge in [0, 0.05) is 12.5 Å². The highest BCUT2D eigenvalue weighted by molar-refractivity contribution is 5.82. The fourth-order valence-electron chi connectivity index (χ4n) is 4.76. The molecule has 1 saturated heterocycles. The van der Waals surface area contributed by atoms with Crippen LogP contribution in [0.3, 0.4) is 0 Å². The maximum absolute atomic E-state index is 13.2. The molecule has 2 aromatic rings. The molecule has 1 aliphatic heterocycles. The molecule has 3 unspecified atom stereocenters. The molecule has 2 fully saturated rings. The van der Waals surface area contributed by atoms with Crippen molar-refractivity contribution in [2.45, 2.75) is 43.7 Å². The standard InChI is InChI=1S/C23H27NO2/c1-24-14-8-13-19-15-20(16-21(19)24)26-23(25)22(17-9-4-2-5-10-17)18-11-6-3-7-12-18/h2-7,9-12,19-22H,8,13-16H2,1H3. The lowest BCUT2D eigenvalue weighted by molar-refractivity contribution is -0.149. The predicted molar refractivity (Wildman–Crippen MR) is 103 cm³/mol. The van der Waals surface area contributed by atoms with Gasteiger partial charge in [0.15, 0.2) is 0 Å². The fourth-order valence-corrected chi connectivity index (χ4v) is 4.76. The molecule has 3 atom stereocenters. The molecule has 4 rings (SSSR count). The van der Waals surface area contributed by atoms with Crippen molar-refractivity contribution in [2.24, 2.45) is 5.92 Å². The first kappa shape index (κ1) is 17.3. The second-order valence-corrected chi connectivity index (χ2v) is 7.73. The van der Waals surface area contributed by atoms with E-state index in [9.17, 15) is 4.79 Å². The maximum Gasteiger partial charge on any atom is 0.318 e.